The van der Waals surface area contributed by atoms with Crippen molar-refractivity contribution in [3.8, 4) is 0 Å². The Morgan fingerprint density at radius 1 is 1.23 bits per heavy atom. The van der Waals surface area contributed by atoms with E-state index in [4.69, 9.17) is 9.47 Å². The molecular formula is C17H23NO4. The van der Waals surface area contributed by atoms with E-state index >= 15 is 0 Å². The normalized spacial score (nSPS) is 18.1. The quantitative estimate of drug-likeness (QED) is 0.806. The molecule has 1 heterocycles. The van der Waals surface area contributed by atoms with Gasteiger partial charge in [0.1, 0.15) is 12.2 Å². The van der Waals surface area contributed by atoms with Crippen molar-refractivity contribution in [3.63, 3.8) is 0 Å². The van der Waals surface area contributed by atoms with Crippen LogP contribution in [0.4, 0.5) is 4.79 Å². The molecule has 1 aromatic rings. The van der Waals surface area contributed by atoms with Gasteiger partial charge in [-0.15, -0.1) is 0 Å². The number of benzene rings is 1. The first-order valence-corrected chi connectivity index (χ1v) is 7.53. The van der Waals surface area contributed by atoms with E-state index in [1.165, 1.54) is 0 Å². The van der Waals surface area contributed by atoms with E-state index in [0.717, 1.165) is 5.56 Å². The lowest BCUT2D eigenvalue weighted by atomic mass is 10.1. The fourth-order valence-electron chi connectivity index (χ4n) is 2.29. The van der Waals surface area contributed by atoms with Crippen molar-refractivity contribution in [2.45, 2.75) is 39.4 Å². The second kappa shape index (κ2) is 6.81. The Labute approximate surface area is 131 Å². The molecular weight excluding hydrogens is 282 g/mol. The number of hydrogen-bond donors (Lipinski definition) is 0. The summed E-state index contributed by atoms with van der Waals surface area (Å²) in [5.74, 6) is -0.522. The van der Waals surface area contributed by atoms with E-state index in [2.05, 4.69) is 0 Å². The predicted molar refractivity (Wildman–Crippen MR) is 82.2 cm³/mol. The van der Waals surface area contributed by atoms with Crippen molar-refractivity contribution in [2.24, 2.45) is 5.92 Å². The van der Waals surface area contributed by atoms with Crippen molar-refractivity contribution < 1.29 is 19.1 Å². The first kappa shape index (κ1) is 16.3. The fourth-order valence-corrected chi connectivity index (χ4v) is 2.29. The van der Waals surface area contributed by atoms with Crippen LogP contribution in [0, 0.1) is 5.92 Å². The highest BCUT2D eigenvalue weighted by Gasteiger charge is 2.34. The van der Waals surface area contributed by atoms with Crippen LogP contribution in [0.25, 0.3) is 0 Å². The van der Waals surface area contributed by atoms with Crippen LogP contribution >= 0.6 is 0 Å². The smallest absolute Gasteiger partial charge is 0.410 e. The van der Waals surface area contributed by atoms with Crippen molar-refractivity contribution >= 4 is 12.1 Å². The molecule has 1 saturated heterocycles. The summed E-state index contributed by atoms with van der Waals surface area (Å²) in [5.41, 5.74) is 0.432. The van der Waals surface area contributed by atoms with Crippen LogP contribution in [0.3, 0.4) is 0 Å². The minimum Gasteiger partial charge on any atom is -0.461 e. The maximum Gasteiger partial charge on any atom is 0.410 e. The van der Waals surface area contributed by atoms with Crippen molar-refractivity contribution in [1.82, 2.24) is 4.90 Å². The van der Waals surface area contributed by atoms with Crippen LogP contribution in [0.1, 0.15) is 32.8 Å². The highest BCUT2D eigenvalue weighted by atomic mass is 16.6. The number of esters is 1. The van der Waals surface area contributed by atoms with Crippen LogP contribution in [-0.2, 0) is 20.9 Å². The molecule has 22 heavy (non-hydrogen) atoms. The fraction of sp³-hybridized carbons (Fsp3) is 0.529. The monoisotopic (exact) mass is 305 g/mol. The zero-order valence-electron chi connectivity index (χ0n) is 13.4. The molecule has 120 valence electrons. The Balaban J connectivity index is 1.80. The molecule has 1 atom stereocenters. The van der Waals surface area contributed by atoms with E-state index in [0.29, 0.717) is 19.5 Å². The molecule has 0 bridgehead atoms. The van der Waals surface area contributed by atoms with Gasteiger partial charge >= 0.3 is 12.1 Å². The van der Waals surface area contributed by atoms with Crippen LogP contribution in [-0.4, -0.2) is 35.7 Å². The van der Waals surface area contributed by atoms with E-state index in [1.54, 1.807) is 4.90 Å². The van der Waals surface area contributed by atoms with Gasteiger partial charge in [-0.05, 0) is 32.8 Å². The third-order valence-electron chi connectivity index (χ3n) is 3.40. The number of carbonyl (C=O) groups is 2. The van der Waals surface area contributed by atoms with Crippen LogP contribution in [0.15, 0.2) is 30.3 Å². The second-order valence-electron chi connectivity index (χ2n) is 6.51. The maximum atomic E-state index is 12.1. The number of hydrogen-bond acceptors (Lipinski definition) is 4. The van der Waals surface area contributed by atoms with Gasteiger partial charge in [0.05, 0.1) is 5.92 Å². The first-order valence-electron chi connectivity index (χ1n) is 7.53. The van der Waals surface area contributed by atoms with Crippen LogP contribution in [0.2, 0.25) is 0 Å². The van der Waals surface area contributed by atoms with Gasteiger partial charge in [0, 0.05) is 13.1 Å². The maximum absolute atomic E-state index is 12.1. The Hall–Kier alpha value is -2.04. The summed E-state index contributed by atoms with van der Waals surface area (Å²) in [6.45, 7) is 6.64. The van der Waals surface area contributed by atoms with Crippen molar-refractivity contribution in [2.75, 3.05) is 13.1 Å². The molecule has 0 spiro atoms. The van der Waals surface area contributed by atoms with Gasteiger partial charge in [-0.3, -0.25) is 4.79 Å². The lowest BCUT2D eigenvalue weighted by Gasteiger charge is -2.24. The molecule has 1 amide bonds. The summed E-state index contributed by atoms with van der Waals surface area (Å²) in [6.07, 6.45) is 0.248. The van der Waals surface area contributed by atoms with Gasteiger partial charge < -0.3 is 14.4 Å². The molecule has 5 heteroatoms. The molecule has 1 aliphatic heterocycles. The van der Waals surface area contributed by atoms with E-state index in [9.17, 15) is 9.59 Å². The zero-order chi connectivity index (χ0) is 16.2. The Morgan fingerprint density at radius 2 is 1.91 bits per heavy atom. The number of nitrogens with zero attached hydrogens (tertiary/aromatic N) is 1. The van der Waals surface area contributed by atoms with Crippen molar-refractivity contribution in [1.29, 1.82) is 0 Å². The van der Waals surface area contributed by atoms with Gasteiger partial charge in [0.15, 0.2) is 0 Å². The topological polar surface area (TPSA) is 55.8 Å². The molecule has 0 saturated carbocycles. The van der Waals surface area contributed by atoms with E-state index < -0.39 is 5.60 Å². The summed E-state index contributed by atoms with van der Waals surface area (Å²) in [6, 6.07) is 9.55. The number of rotatable bonds is 3. The third-order valence-corrected chi connectivity index (χ3v) is 3.40. The molecule has 0 radical (unpaired) electrons. The molecule has 5 nitrogen and oxygen atoms in total. The largest absolute Gasteiger partial charge is 0.461 e. The number of amides is 1. The standard InChI is InChI=1S/C17H23NO4/c1-17(2,3)22-16(20)18-10-9-14(11-18)15(19)21-12-13-7-5-4-6-8-13/h4-8,14H,9-12H2,1-3H3/t14-/m0/s1. The highest BCUT2D eigenvalue weighted by Crippen LogP contribution is 2.21. The van der Waals surface area contributed by atoms with Gasteiger partial charge in [-0.2, -0.15) is 0 Å². The number of likely N-dealkylation sites (tertiary alicyclic amines) is 1. The van der Waals surface area contributed by atoms with Gasteiger partial charge in [-0.25, -0.2) is 4.79 Å². The molecule has 1 aromatic carbocycles. The van der Waals surface area contributed by atoms with Gasteiger partial charge in [0.25, 0.3) is 0 Å². The van der Waals surface area contributed by atoms with Gasteiger partial charge in [-0.1, -0.05) is 30.3 Å². The predicted octanol–water partition coefficient (Wildman–Crippen LogP) is 2.99. The van der Waals surface area contributed by atoms with Crippen LogP contribution in [0.5, 0.6) is 0 Å². The summed E-state index contributed by atoms with van der Waals surface area (Å²) < 4.78 is 10.6. The average molecular weight is 305 g/mol. The minimum absolute atomic E-state index is 0.255. The summed E-state index contributed by atoms with van der Waals surface area (Å²) >= 11 is 0. The van der Waals surface area contributed by atoms with Crippen LogP contribution < -0.4 is 0 Å². The zero-order valence-corrected chi connectivity index (χ0v) is 13.4. The Kier molecular flexibility index (Phi) is 5.06. The summed E-state index contributed by atoms with van der Waals surface area (Å²) in [5, 5.41) is 0. The molecule has 0 N–H and O–H groups in total. The molecule has 2 rings (SSSR count). The Bertz CT molecular complexity index is 521. The Morgan fingerprint density at radius 3 is 2.55 bits per heavy atom. The summed E-state index contributed by atoms with van der Waals surface area (Å²) in [4.78, 5) is 25.6. The molecule has 0 aliphatic carbocycles. The second-order valence-corrected chi connectivity index (χ2v) is 6.51. The molecule has 1 fully saturated rings. The molecule has 1 aliphatic rings. The SMILES string of the molecule is CC(C)(C)OC(=O)N1CC[C@H](C(=O)OCc2ccccc2)C1. The van der Waals surface area contributed by atoms with Gasteiger partial charge in [0.2, 0.25) is 0 Å². The average Bonchev–Trinajstić information content (AvgIpc) is 2.94. The lowest BCUT2D eigenvalue weighted by molar-refractivity contribution is -0.149. The number of ether oxygens (including phenoxy) is 2. The van der Waals surface area contributed by atoms with Crippen molar-refractivity contribution in [3.05, 3.63) is 35.9 Å². The summed E-state index contributed by atoms with van der Waals surface area (Å²) in [7, 11) is 0. The van der Waals surface area contributed by atoms with E-state index in [1.807, 2.05) is 51.1 Å². The van der Waals surface area contributed by atoms with E-state index in [-0.39, 0.29) is 24.6 Å². The molecule has 0 unspecified atom stereocenters. The number of carbonyl (C=O) groups excluding carboxylic acids is 2. The first-order chi connectivity index (χ1) is 10.3. The third kappa shape index (κ3) is 4.76. The minimum atomic E-state index is -0.525. The highest BCUT2D eigenvalue weighted by molar-refractivity contribution is 5.75. The lowest BCUT2D eigenvalue weighted by Crippen LogP contribution is -2.36. The molecule has 0 aromatic heterocycles.